The molecule has 0 saturated carbocycles. The molecular weight excluding hydrogens is 523 g/mol. The van der Waals surface area contributed by atoms with E-state index in [-0.39, 0.29) is 18.5 Å². The minimum absolute atomic E-state index is 0.133. The molecule has 2 N–H and O–H groups in total. The van der Waals surface area contributed by atoms with Gasteiger partial charge in [0.2, 0.25) is 0 Å². The van der Waals surface area contributed by atoms with Crippen LogP contribution in [0.5, 0.6) is 5.75 Å². The highest BCUT2D eigenvalue weighted by atomic mass is 35.5. The van der Waals surface area contributed by atoms with Gasteiger partial charge in [-0.1, -0.05) is 23.7 Å². The summed E-state index contributed by atoms with van der Waals surface area (Å²) >= 11 is 5.82. The number of imidazole rings is 1. The molecule has 0 unspecified atom stereocenters. The normalized spacial score (nSPS) is 17.6. The molecular formula is C29H28ClFN4O4. The van der Waals surface area contributed by atoms with Crippen LogP contribution in [-0.2, 0) is 24.4 Å². The fourth-order valence-corrected chi connectivity index (χ4v) is 5.11. The first-order chi connectivity index (χ1) is 18.9. The van der Waals surface area contributed by atoms with Crippen molar-refractivity contribution in [2.24, 2.45) is 0 Å². The van der Waals surface area contributed by atoms with Crippen LogP contribution in [0.4, 0.5) is 4.39 Å². The minimum atomic E-state index is -1.53. The summed E-state index contributed by atoms with van der Waals surface area (Å²) in [5.41, 5.74) is 5.04. The number of aromatic nitrogens is 3. The van der Waals surface area contributed by atoms with Gasteiger partial charge in [0.25, 0.3) is 0 Å². The average molecular weight is 551 g/mol. The number of aliphatic hydroxyl groups is 2. The van der Waals surface area contributed by atoms with Gasteiger partial charge in [-0.25, -0.2) is 9.37 Å². The predicted octanol–water partition coefficient (Wildman–Crippen LogP) is 4.47. The highest BCUT2D eigenvalue weighted by Gasteiger charge is 2.24. The smallest absolute Gasteiger partial charge is 0.178 e. The minimum Gasteiger partial charge on any atom is -0.484 e. The molecule has 1 fully saturated rings. The van der Waals surface area contributed by atoms with E-state index in [9.17, 15) is 14.6 Å². The average Bonchev–Trinajstić information content (AvgIpc) is 3.50. The van der Waals surface area contributed by atoms with Crippen LogP contribution in [0.15, 0.2) is 60.8 Å². The van der Waals surface area contributed by atoms with Gasteiger partial charge in [-0.15, -0.1) is 0 Å². The number of hydrogen-bond acceptors (Lipinski definition) is 7. The van der Waals surface area contributed by atoms with Gasteiger partial charge in [0.05, 0.1) is 35.9 Å². The SMILES string of the molecule is OC(O)c1ccc2nc(CN3CC=C(c4ccnc(COc5ccc(Cl)cc5F)c4)C3)n(C[C@@H]3CCO3)c2c1. The van der Waals surface area contributed by atoms with Crippen LogP contribution in [0.3, 0.4) is 0 Å². The maximum absolute atomic E-state index is 14.1. The lowest BCUT2D eigenvalue weighted by Crippen LogP contribution is -2.32. The Morgan fingerprint density at radius 3 is 2.79 bits per heavy atom. The highest BCUT2D eigenvalue weighted by Crippen LogP contribution is 2.28. The molecule has 1 saturated heterocycles. The third-order valence-corrected chi connectivity index (χ3v) is 7.38. The summed E-state index contributed by atoms with van der Waals surface area (Å²) < 4.78 is 27.5. The predicted molar refractivity (Wildman–Crippen MR) is 145 cm³/mol. The quantitative estimate of drug-likeness (QED) is 0.297. The van der Waals surface area contributed by atoms with Crippen LogP contribution in [0, 0.1) is 5.82 Å². The molecule has 2 aliphatic heterocycles. The van der Waals surface area contributed by atoms with Gasteiger partial charge in [-0.05, 0) is 60.0 Å². The van der Waals surface area contributed by atoms with E-state index in [2.05, 4.69) is 20.5 Å². The van der Waals surface area contributed by atoms with Crippen molar-refractivity contribution in [2.75, 3.05) is 19.7 Å². The topological polar surface area (TPSA) is 92.9 Å². The first-order valence-corrected chi connectivity index (χ1v) is 13.2. The lowest BCUT2D eigenvalue weighted by Gasteiger charge is -2.28. The number of ether oxygens (including phenoxy) is 2. The van der Waals surface area contributed by atoms with Crippen LogP contribution >= 0.6 is 11.6 Å². The third kappa shape index (κ3) is 5.68. The highest BCUT2D eigenvalue weighted by molar-refractivity contribution is 6.30. The molecule has 202 valence electrons. The summed E-state index contributed by atoms with van der Waals surface area (Å²) in [5, 5.41) is 19.7. The Morgan fingerprint density at radius 2 is 2.03 bits per heavy atom. The van der Waals surface area contributed by atoms with Gasteiger partial charge in [-0.3, -0.25) is 9.88 Å². The van der Waals surface area contributed by atoms with Crippen molar-refractivity contribution in [1.29, 1.82) is 0 Å². The van der Waals surface area contributed by atoms with Gasteiger partial charge < -0.3 is 24.3 Å². The zero-order valence-electron chi connectivity index (χ0n) is 21.1. The van der Waals surface area contributed by atoms with Crippen molar-refractivity contribution < 1.29 is 24.1 Å². The summed E-state index contributed by atoms with van der Waals surface area (Å²) in [6.45, 7) is 3.71. The number of aliphatic hydroxyl groups excluding tert-OH is 1. The molecule has 0 aliphatic carbocycles. The van der Waals surface area contributed by atoms with Crippen LogP contribution in [0.2, 0.25) is 5.02 Å². The largest absolute Gasteiger partial charge is 0.484 e. The molecule has 0 radical (unpaired) electrons. The molecule has 0 spiro atoms. The van der Waals surface area contributed by atoms with Crippen LogP contribution in [0.1, 0.15) is 35.4 Å². The molecule has 0 amide bonds. The van der Waals surface area contributed by atoms with E-state index in [1.807, 2.05) is 18.2 Å². The van der Waals surface area contributed by atoms with E-state index in [1.165, 1.54) is 17.7 Å². The summed E-state index contributed by atoms with van der Waals surface area (Å²) in [4.78, 5) is 11.6. The van der Waals surface area contributed by atoms with Gasteiger partial charge in [0.1, 0.15) is 12.4 Å². The second-order valence-corrected chi connectivity index (χ2v) is 10.3. The Balaban J connectivity index is 1.15. The van der Waals surface area contributed by atoms with E-state index in [0.717, 1.165) is 48.5 Å². The van der Waals surface area contributed by atoms with Gasteiger partial charge in [-0.2, -0.15) is 0 Å². The fraction of sp³-hybridized carbons (Fsp3) is 0.310. The van der Waals surface area contributed by atoms with Crippen LogP contribution in [-0.4, -0.2) is 55.4 Å². The monoisotopic (exact) mass is 550 g/mol. The molecule has 2 aromatic heterocycles. The van der Waals surface area contributed by atoms with E-state index >= 15 is 0 Å². The molecule has 8 nitrogen and oxygen atoms in total. The summed E-state index contributed by atoms with van der Waals surface area (Å²) in [6, 6.07) is 13.6. The molecule has 39 heavy (non-hydrogen) atoms. The second kappa shape index (κ2) is 11.0. The van der Waals surface area contributed by atoms with Crippen molar-refractivity contribution in [2.45, 2.75) is 38.5 Å². The van der Waals surface area contributed by atoms with Crippen molar-refractivity contribution in [1.82, 2.24) is 19.4 Å². The zero-order chi connectivity index (χ0) is 26.9. The molecule has 2 aromatic carbocycles. The molecule has 0 bridgehead atoms. The zero-order valence-corrected chi connectivity index (χ0v) is 21.9. The van der Waals surface area contributed by atoms with Gasteiger partial charge in [0.15, 0.2) is 17.9 Å². The maximum atomic E-state index is 14.1. The number of rotatable bonds is 9. The van der Waals surface area contributed by atoms with E-state index in [0.29, 0.717) is 29.4 Å². The van der Waals surface area contributed by atoms with Gasteiger partial charge >= 0.3 is 0 Å². The van der Waals surface area contributed by atoms with E-state index in [4.69, 9.17) is 26.1 Å². The first kappa shape index (κ1) is 25.9. The van der Waals surface area contributed by atoms with Crippen molar-refractivity contribution in [3.8, 4) is 5.75 Å². The summed E-state index contributed by atoms with van der Waals surface area (Å²) in [7, 11) is 0. The number of nitrogens with zero attached hydrogens (tertiary/aromatic N) is 4. The molecule has 4 heterocycles. The lowest BCUT2D eigenvalue weighted by atomic mass is 10.1. The number of halogens is 2. The number of hydrogen-bond donors (Lipinski definition) is 2. The van der Waals surface area contributed by atoms with E-state index < -0.39 is 12.1 Å². The fourth-order valence-electron chi connectivity index (χ4n) is 4.95. The van der Waals surface area contributed by atoms with Crippen molar-refractivity contribution in [3.63, 3.8) is 0 Å². The standard InChI is InChI=1S/C29H28ClFN4O4/c30-21-2-4-27(24(31)13-21)39-17-22-11-18(5-8-32-22)20-6-9-34(14-20)16-28-33-25-3-1-19(29(36)37)12-26(25)35(28)15-23-7-10-38-23/h1-6,8,11-13,23,29,36-37H,7,9-10,14-17H2/t23-/m0/s1. The molecule has 1 atom stereocenters. The Labute approximate surface area is 229 Å². The van der Waals surface area contributed by atoms with Gasteiger partial charge in [0, 0.05) is 36.5 Å². The van der Waals surface area contributed by atoms with E-state index in [1.54, 1.807) is 24.4 Å². The molecule has 6 rings (SSSR count). The number of pyridine rings is 1. The molecule has 4 aromatic rings. The van der Waals surface area contributed by atoms with Crippen LogP contribution < -0.4 is 4.74 Å². The Hall–Kier alpha value is -3.34. The number of benzene rings is 2. The van der Waals surface area contributed by atoms with Crippen molar-refractivity contribution in [3.05, 3.63) is 94.3 Å². The molecule has 2 aliphatic rings. The van der Waals surface area contributed by atoms with Crippen molar-refractivity contribution >= 4 is 28.2 Å². The number of fused-ring (bicyclic) bond motifs is 1. The second-order valence-electron chi connectivity index (χ2n) is 9.84. The maximum Gasteiger partial charge on any atom is 0.178 e. The Kier molecular flexibility index (Phi) is 7.33. The van der Waals surface area contributed by atoms with Crippen LogP contribution in [0.25, 0.3) is 16.6 Å². The summed E-state index contributed by atoms with van der Waals surface area (Å²) in [6.07, 6.45) is 3.53. The lowest BCUT2D eigenvalue weighted by molar-refractivity contribution is -0.0591. The first-order valence-electron chi connectivity index (χ1n) is 12.8. The summed E-state index contributed by atoms with van der Waals surface area (Å²) in [5.74, 6) is 0.536. The third-order valence-electron chi connectivity index (χ3n) is 7.14. The Bertz CT molecular complexity index is 1540. The Morgan fingerprint density at radius 1 is 1.15 bits per heavy atom. The molecule has 10 heteroatoms.